The minimum Gasteiger partial charge on any atom is -0.352 e. The number of benzene rings is 1. The van der Waals surface area contributed by atoms with Gasteiger partial charge in [0.15, 0.2) is 0 Å². The summed E-state index contributed by atoms with van der Waals surface area (Å²) in [5, 5.41) is 2.91. The fourth-order valence-electron chi connectivity index (χ4n) is 3.28. The van der Waals surface area contributed by atoms with E-state index in [9.17, 15) is 9.18 Å². The van der Waals surface area contributed by atoms with Crippen LogP contribution in [0.15, 0.2) is 30.5 Å². The van der Waals surface area contributed by atoms with Gasteiger partial charge in [0.05, 0.1) is 18.2 Å². The quantitative estimate of drug-likeness (QED) is 0.907. The first-order chi connectivity index (χ1) is 12.0. The SMILES string of the molecule is Cc1ncc(CNC(=O)Cc2cccc(F)c2)c([C@@H]2CCCN2C)n1. The van der Waals surface area contributed by atoms with Crippen molar-refractivity contribution in [2.24, 2.45) is 0 Å². The van der Waals surface area contributed by atoms with Crippen LogP contribution in [-0.2, 0) is 17.8 Å². The number of likely N-dealkylation sites (tertiary alicyclic amines) is 1. The highest BCUT2D eigenvalue weighted by Crippen LogP contribution is 2.30. The molecule has 5 nitrogen and oxygen atoms in total. The first-order valence-corrected chi connectivity index (χ1v) is 8.56. The van der Waals surface area contributed by atoms with Crippen molar-refractivity contribution in [3.8, 4) is 0 Å². The topological polar surface area (TPSA) is 58.1 Å². The lowest BCUT2D eigenvalue weighted by molar-refractivity contribution is -0.120. The van der Waals surface area contributed by atoms with Crippen molar-refractivity contribution >= 4 is 5.91 Å². The highest BCUT2D eigenvalue weighted by atomic mass is 19.1. The van der Waals surface area contributed by atoms with E-state index in [0.29, 0.717) is 12.1 Å². The first kappa shape index (κ1) is 17.5. The molecule has 1 fully saturated rings. The third-order valence-corrected chi connectivity index (χ3v) is 4.58. The molecule has 6 heteroatoms. The van der Waals surface area contributed by atoms with E-state index in [2.05, 4.69) is 27.2 Å². The summed E-state index contributed by atoms with van der Waals surface area (Å²) < 4.78 is 13.2. The molecule has 1 N–H and O–H groups in total. The van der Waals surface area contributed by atoms with Crippen LogP contribution in [0.25, 0.3) is 0 Å². The molecule has 132 valence electrons. The Morgan fingerprint density at radius 3 is 3.00 bits per heavy atom. The number of aromatic nitrogens is 2. The maximum atomic E-state index is 13.2. The second-order valence-electron chi connectivity index (χ2n) is 6.55. The summed E-state index contributed by atoms with van der Waals surface area (Å²) in [4.78, 5) is 23.4. The Kier molecular flexibility index (Phi) is 5.38. The highest BCUT2D eigenvalue weighted by molar-refractivity contribution is 5.78. The zero-order chi connectivity index (χ0) is 17.8. The van der Waals surface area contributed by atoms with Gasteiger partial charge in [-0.25, -0.2) is 14.4 Å². The molecule has 0 bridgehead atoms. The van der Waals surface area contributed by atoms with Crippen LogP contribution in [0.5, 0.6) is 0 Å². The molecule has 0 unspecified atom stereocenters. The number of nitrogens with zero attached hydrogens (tertiary/aromatic N) is 3. The normalized spacial score (nSPS) is 17.6. The minimum atomic E-state index is -0.330. The molecule has 1 aliphatic rings. The monoisotopic (exact) mass is 342 g/mol. The number of carbonyl (C=O) groups excluding carboxylic acids is 1. The summed E-state index contributed by atoms with van der Waals surface area (Å²) in [7, 11) is 2.10. The van der Waals surface area contributed by atoms with E-state index in [1.807, 2.05) is 6.92 Å². The largest absolute Gasteiger partial charge is 0.352 e. The summed E-state index contributed by atoms with van der Waals surface area (Å²) in [6, 6.07) is 6.39. The van der Waals surface area contributed by atoms with E-state index in [0.717, 1.165) is 36.5 Å². The van der Waals surface area contributed by atoms with Crippen LogP contribution in [0, 0.1) is 12.7 Å². The zero-order valence-corrected chi connectivity index (χ0v) is 14.6. The van der Waals surface area contributed by atoms with Crippen molar-refractivity contribution in [1.82, 2.24) is 20.2 Å². The number of carbonyl (C=O) groups is 1. The molecule has 0 saturated carbocycles. The van der Waals surface area contributed by atoms with Crippen molar-refractivity contribution in [3.63, 3.8) is 0 Å². The third-order valence-electron chi connectivity index (χ3n) is 4.58. The maximum Gasteiger partial charge on any atom is 0.224 e. The van der Waals surface area contributed by atoms with Gasteiger partial charge < -0.3 is 5.32 Å². The van der Waals surface area contributed by atoms with Gasteiger partial charge in [-0.2, -0.15) is 0 Å². The fourth-order valence-corrected chi connectivity index (χ4v) is 3.28. The van der Waals surface area contributed by atoms with Crippen LogP contribution < -0.4 is 5.32 Å². The summed E-state index contributed by atoms with van der Waals surface area (Å²) >= 11 is 0. The number of rotatable bonds is 5. The average molecular weight is 342 g/mol. The van der Waals surface area contributed by atoms with E-state index >= 15 is 0 Å². The van der Waals surface area contributed by atoms with Crippen molar-refractivity contribution < 1.29 is 9.18 Å². The van der Waals surface area contributed by atoms with Crippen molar-refractivity contribution in [2.75, 3.05) is 13.6 Å². The number of hydrogen-bond acceptors (Lipinski definition) is 4. The van der Waals surface area contributed by atoms with Crippen LogP contribution in [-0.4, -0.2) is 34.4 Å². The first-order valence-electron chi connectivity index (χ1n) is 8.56. The van der Waals surface area contributed by atoms with E-state index in [1.54, 1.807) is 18.3 Å². The Morgan fingerprint density at radius 1 is 1.44 bits per heavy atom. The number of halogens is 1. The van der Waals surface area contributed by atoms with Crippen LogP contribution in [0.4, 0.5) is 4.39 Å². The number of aryl methyl sites for hydroxylation is 1. The summed E-state index contributed by atoms with van der Waals surface area (Å²) in [6.45, 7) is 3.32. The second kappa shape index (κ2) is 7.70. The molecular weight excluding hydrogens is 319 g/mol. The van der Waals surface area contributed by atoms with Gasteiger partial charge in [0.25, 0.3) is 0 Å². The number of amides is 1. The molecular formula is C19H23FN4O. The highest BCUT2D eigenvalue weighted by Gasteiger charge is 2.26. The van der Waals surface area contributed by atoms with Gasteiger partial charge in [-0.05, 0) is 51.1 Å². The number of hydrogen-bond donors (Lipinski definition) is 1. The molecule has 3 rings (SSSR count). The summed E-state index contributed by atoms with van der Waals surface area (Å²) in [5.74, 6) is 0.269. The summed E-state index contributed by atoms with van der Waals surface area (Å²) in [6.07, 6.45) is 4.17. The van der Waals surface area contributed by atoms with Crippen LogP contribution in [0.3, 0.4) is 0 Å². The van der Waals surface area contributed by atoms with Gasteiger partial charge in [-0.3, -0.25) is 9.69 Å². The second-order valence-corrected chi connectivity index (χ2v) is 6.55. The van der Waals surface area contributed by atoms with E-state index in [1.165, 1.54) is 12.1 Å². The van der Waals surface area contributed by atoms with Gasteiger partial charge >= 0.3 is 0 Å². The lowest BCUT2D eigenvalue weighted by Gasteiger charge is -2.21. The van der Waals surface area contributed by atoms with Crippen LogP contribution in [0.2, 0.25) is 0 Å². The van der Waals surface area contributed by atoms with Crippen molar-refractivity contribution in [1.29, 1.82) is 0 Å². The summed E-state index contributed by atoms with van der Waals surface area (Å²) in [5.41, 5.74) is 2.60. The molecule has 1 amide bonds. The molecule has 0 spiro atoms. The van der Waals surface area contributed by atoms with Gasteiger partial charge in [0.2, 0.25) is 5.91 Å². The molecule has 0 aliphatic carbocycles. The van der Waals surface area contributed by atoms with Crippen LogP contribution >= 0.6 is 0 Å². The Hall–Kier alpha value is -2.34. The predicted octanol–water partition coefficient (Wildman–Crippen LogP) is 2.55. The van der Waals surface area contributed by atoms with Crippen molar-refractivity contribution in [3.05, 3.63) is 58.9 Å². The van der Waals surface area contributed by atoms with E-state index in [4.69, 9.17) is 0 Å². The zero-order valence-electron chi connectivity index (χ0n) is 14.6. The number of nitrogens with one attached hydrogen (secondary N) is 1. The molecule has 2 aromatic rings. The van der Waals surface area contributed by atoms with Crippen molar-refractivity contribution in [2.45, 2.75) is 38.8 Å². The molecule has 1 saturated heterocycles. The van der Waals surface area contributed by atoms with Gasteiger partial charge in [0.1, 0.15) is 11.6 Å². The molecule has 1 atom stereocenters. The molecule has 25 heavy (non-hydrogen) atoms. The molecule has 1 aromatic heterocycles. The molecule has 1 aliphatic heterocycles. The smallest absolute Gasteiger partial charge is 0.224 e. The predicted molar refractivity (Wildman–Crippen MR) is 93.3 cm³/mol. The average Bonchev–Trinajstić information content (AvgIpc) is 2.99. The maximum absolute atomic E-state index is 13.2. The Bertz CT molecular complexity index is 765. The fraction of sp³-hybridized carbons (Fsp3) is 0.421. The van der Waals surface area contributed by atoms with Gasteiger partial charge in [0, 0.05) is 18.3 Å². The minimum absolute atomic E-state index is 0.142. The van der Waals surface area contributed by atoms with Gasteiger partial charge in [-0.1, -0.05) is 12.1 Å². The Morgan fingerprint density at radius 2 is 2.28 bits per heavy atom. The molecule has 2 heterocycles. The lowest BCUT2D eigenvalue weighted by atomic mass is 10.1. The third kappa shape index (κ3) is 4.39. The lowest BCUT2D eigenvalue weighted by Crippen LogP contribution is -2.27. The Balaban J connectivity index is 1.67. The van der Waals surface area contributed by atoms with E-state index in [-0.39, 0.29) is 24.2 Å². The van der Waals surface area contributed by atoms with E-state index < -0.39 is 0 Å². The molecule has 0 radical (unpaired) electrons. The van der Waals surface area contributed by atoms with Gasteiger partial charge in [-0.15, -0.1) is 0 Å². The van der Waals surface area contributed by atoms with Crippen LogP contribution in [0.1, 0.15) is 41.5 Å². The molecule has 1 aromatic carbocycles. The Labute approximate surface area is 147 Å². The standard InChI is InChI=1S/C19H23FN4O/c1-13-21-11-15(19(23-13)17-7-4-8-24(17)2)12-22-18(25)10-14-5-3-6-16(20)9-14/h3,5-6,9,11,17H,4,7-8,10,12H2,1-2H3,(H,22,25)/t17-/m0/s1.